The molecule has 1 aromatic heterocycles. The van der Waals surface area contributed by atoms with E-state index in [2.05, 4.69) is 5.16 Å². The second-order valence-corrected chi connectivity index (χ2v) is 5.40. The van der Waals surface area contributed by atoms with E-state index in [9.17, 15) is 10.2 Å². The Morgan fingerprint density at radius 1 is 1.35 bits per heavy atom. The summed E-state index contributed by atoms with van der Waals surface area (Å²) in [5.74, 6) is 1.17. The smallest absolute Gasteiger partial charge is 0.176 e. The van der Waals surface area contributed by atoms with Gasteiger partial charge in [0.2, 0.25) is 0 Å². The summed E-state index contributed by atoms with van der Waals surface area (Å²) in [6.45, 7) is 7.80. The van der Waals surface area contributed by atoms with E-state index in [1.165, 1.54) is 4.90 Å². The Morgan fingerprint density at radius 3 is 2.41 bits per heavy atom. The minimum atomic E-state index is -0.858. The van der Waals surface area contributed by atoms with Gasteiger partial charge in [-0.25, -0.2) is 0 Å². The third-order valence-electron chi connectivity index (χ3n) is 2.87. The number of aliphatic hydroxyl groups excluding tert-OH is 2. The number of hydrogen-bond acceptors (Lipinski definition) is 5. The predicted molar refractivity (Wildman–Crippen MR) is 63.5 cm³/mol. The zero-order valence-electron chi connectivity index (χ0n) is 10.5. The van der Waals surface area contributed by atoms with Crippen molar-refractivity contribution in [3.8, 4) is 0 Å². The lowest BCUT2D eigenvalue weighted by atomic mass is 9.93. The quantitative estimate of drug-likeness (QED) is 0.723. The van der Waals surface area contributed by atoms with Crippen LogP contribution in [0.1, 0.15) is 33.5 Å². The van der Waals surface area contributed by atoms with Gasteiger partial charge in [-0.1, -0.05) is 25.9 Å². The summed E-state index contributed by atoms with van der Waals surface area (Å²) in [6, 6.07) is 1.75. The molecule has 0 amide bonds. The van der Waals surface area contributed by atoms with E-state index in [1.807, 2.05) is 20.8 Å². The first-order valence-corrected chi connectivity index (χ1v) is 5.60. The highest BCUT2D eigenvalue weighted by molar-refractivity contribution is 5.47. The van der Waals surface area contributed by atoms with Gasteiger partial charge >= 0.3 is 0 Å². The molecule has 0 fully saturated rings. The molecule has 17 heavy (non-hydrogen) atoms. The minimum Gasteiger partial charge on any atom is -0.370 e. The molecule has 0 aliphatic carbocycles. The summed E-state index contributed by atoms with van der Waals surface area (Å²) in [7, 11) is 0. The van der Waals surface area contributed by atoms with Crippen molar-refractivity contribution < 1.29 is 14.7 Å². The first-order chi connectivity index (χ1) is 7.80. The second kappa shape index (κ2) is 3.85. The van der Waals surface area contributed by atoms with E-state index < -0.39 is 12.5 Å². The van der Waals surface area contributed by atoms with Crippen LogP contribution in [-0.4, -0.2) is 27.8 Å². The number of anilines is 1. The number of aromatic nitrogens is 1. The van der Waals surface area contributed by atoms with Crippen LogP contribution in [0.4, 0.5) is 5.82 Å². The molecule has 1 aliphatic heterocycles. The van der Waals surface area contributed by atoms with Gasteiger partial charge in [-0.05, 0) is 18.6 Å². The van der Waals surface area contributed by atoms with Gasteiger partial charge in [-0.2, -0.15) is 0 Å². The van der Waals surface area contributed by atoms with E-state index >= 15 is 0 Å². The number of rotatable bonds is 1. The van der Waals surface area contributed by atoms with Crippen LogP contribution in [0.25, 0.3) is 0 Å². The van der Waals surface area contributed by atoms with Crippen molar-refractivity contribution in [1.82, 2.24) is 5.16 Å². The van der Waals surface area contributed by atoms with Crippen molar-refractivity contribution in [2.75, 3.05) is 4.90 Å². The third-order valence-corrected chi connectivity index (χ3v) is 2.87. The van der Waals surface area contributed by atoms with E-state index in [0.29, 0.717) is 11.4 Å². The Kier molecular flexibility index (Phi) is 2.75. The zero-order chi connectivity index (χ0) is 12.8. The average molecular weight is 238 g/mol. The monoisotopic (exact) mass is 238 g/mol. The molecule has 0 spiro atoms. The van der Waals surface area contributed by atoms with Gasteiger partial charge in [-0.3, -0.25) is 4.90 Å². The second-order valence-electron chi connectivity index (χ2n) is 5.40. The third kappa shape index (κ3) is 2.08. The zero-order valence-corrected chi connectivity index (χ0v) is 10.5. The van der Waals surface area contributed by atoms with Crippen LogP contribution < -0.4 is 4.90 Å². The van der Waals surface area contributed by atoms with Crippen molar-refractivity contribution >= 4 is 5.82 Å². The summed E-state index contributed by atoms with van der Waals surface area (Å²) < 4.78 is 5.24. The molecular weight excluding hydrogens is 220 g/mol. The number of aliphatic hydroxyl groups is 2. The summed E-state index contributed by atoms with van der Waals surface area (Å²) >= 11 is 0. The van der Waals surface area contributed by atoms with Crippen LogP contribution in [0.5, 0.6) is 0 Å². The molecule has 0 aromatic carbocycles. The SMILES string of the molecule is CC1=CC(O)N(c2cc(C(C)(C)C)on2)C1O. The van der Waals surface area contributed by atoms with Crippen molar-refractivity contribution in [2.24, 2.45) is 0 Å². The van der Waals surface area contributed by atoms with Gasteiger partial charge in [0.1, 0.15) is 12.0 Å². The van der Waals surface area contributed by atoms with Crippen LogP contribution in [0.2, 0.25) is 0 Å². The molecule has 2 N–H and O–H groups in total. The molecule has 0 saturated carbocycles. The molecule has 2 atom stereocenters. The van der Waals surface area contributed by atoms with E-state index in [4.69, 9.17) is 4.52 Å². The fourth-order valence-corrected chi connectivity index (χ4v) is 1.77. The molecule has 0 radical (unpaired) electrons. The molecule has 1 aliphatic rings. The van der Waals surface area contributed by atoms with Gasteiger partial charge in [0.15, 0.2) is 12.0 Å². The van der Waals surface area contributed by atoms with Crippen LogP contribution >= 0.6 is 0 Å². The lowest BCUT2D eigenvalue weighted by molar-refractivity contribution is 0.147. The van der Waals surface area contributed by atoms with E-state index in [1.54, 1.807) is 19.1 Å². The Balaban J connectivity index is 2.28. The van der Waals surface area contributed by atoms with Crippen molar-refractivity contribution in [2.45, 2.75) is 45.6 Å². The normalized spacial score (nSPS) is 25.3. The van der Waals surface area contributed by atoms with Crippen LogP contribution in [0, 0.1) is 0 Å². The van der Waals surface area contributed by atoms with Gasteiger partial charge in [0.25, 0.3) is 0 Å². The molecule has 2 unspecified atom stereocenters. The lowest BCUT2D eigenvalue weighted by Gasteiger charge is -2.24. The van der Waals surface area contributed by atoms with Gasteiger partial charge in [-0.15, -0.1) is 0 Å². The van der Waals surface area contributed by atoms with Gasteiger partial charge in [0, 0.05) is 11.5 Å². The predicted octanol–water partition coefficient (Wildman–Crippen LogP) is 1.38. The lowest BCUT2D eigenvalue weighted by Crippen LogP contribution is -2.37. The molecule has 2 rings (SSSR count). The highest BCUT2D eigenvalue weighted by Crippen LogP contribution is 2.31. The largest absolute Gasteiger partial charge is 0.370 e. The summed E-state index contributed by atoms with van der Waals surface area (Å²) in [6.07, 6.45) is -0.110. The van der Waals surface area contributed by atoms with Crippen molar-refractivity contribution in [3.05, 3.63) is 23.5 Å². The summed E-state index contributed by atoms with van der Waals surface area (Å²) in [5.41, 5.74) is 0.557. The molecule has 1 aromatic rings. The molecule has 0 bridgehead atoms. The Labute approximate surface area is 100 Å². The number of hydrogen-bond donors (Lipinski definition) is 2. The maximum Gasteiger partial charge on any atom is 0.176 e. The fraction of sp³-hybridized carbons (Fsp3) is 0.583. The molecule has 0 saturated heterocycles. The first kappa shape index (κ1) is 12.1. The molecule has 2 heterocycles. The fourth-order valence-electron chi connectivity index (χ4n) is 1.77. The van der Waals surface area contributed by atoms with Crippen molar-refractivity contribution in [1.29, 1.82) is 0 Å². The van der Waals surface area contributed by atoms with Gasteiger partial charge < -0.3 is 14.7 Å². The maximum absolute atomic E-state index is 9.91. The minimum absolute atomic E-state index is 0.149. The van der Waals surface area contributed by atoms with Crippen LogP contribution in [-0.2, 0) is 5.41 Å². The average Bonchev–Trinajstić information content (AvgIpc) is 2.73. The first-order valence-electron chi connectivity index (χ1n) is 5.60. The Morgan fingerprint density at radius 2 is 2.00 bits per heavy atom. The van der Waals surface area contributed by atoms with E-state index in [0.717, 1.165) is 5.76 Å². The van der Waals surface area contributed by atoms with Crippen LogP contribution in [0.3, 0.4) is 0 Å². The molecule has 94 valence electrons. The van der Waals surface area contributed by atoms with E-state index in [-0.39, 0.29) is 5.41 Å². The standard InChI is InChI=1S/C12H18N2O3/c1-7-5-10(15)14(11(7)16)9-6-8(17-13-9)12(2,3)4/h5-6,10-11,15-16H,1-4H3. The molecule has 5 heteroatoms. The summed E-state index contributed by atoms with van der Waals surface area (Å²) in [5, 5.41) is 23.6. The highest BCUT2D eigenvalue weighted by atomic mass is 16.5. The highest BCUT2D eigenvalue weighted by Gasteiger charge is 2.33. The Bertz CT molecular complexity index is 445. The van der Waals surface area contributed by atoms with Crippen LogP contribution in [0.15, 0.2) is 22.2 Å². The topological polar surface area (TPSA) is 69.7 Å². The van der Waals surface area contributed by atoms with Gasteiger partial charge in [0.05, 0.1) is 0 Å². The maximum atomic E-state index is 9.91. The van der Waals surface area contributed by atoms with Crippen molar-refractivity contribution in [3.63, 3.8) is 0 Å². The number of nitrogens with zero attached hydrogens (tertiary/aromatic N) is 2. The Hall–Kier alpha value is -1.33. The molecular formula is C12H18N2O3. The molecule has 5 nitrogen and oxygen atoms in total. The summed E-state index contributed by atoms with van der Waals surface area (Å²) in [4.78, 5) is 1.41.